The van der Waals surface area contributed by atoms with E-state index < -0.39 is 11.2 Å². The molecule has 0 saturated heterocycles. The highest BCUT2D eigenvalue weighted by molar-refractivity contribution is 6.33. The van der Waals surface area contributed by atoms with E-state index in [-0.39, 0.29) is 10.9 Å². The maximum absolute atomic E-state index is 13.0. The zero-order valence-electron chi connectivity index (χ0n) is 10.7. The molecule has 1 aromatic carbocycles. The lowest BCUT2D eigenvalue weighted by Crippen LogP contribution is -2.43. The predicted molar refractivity (Wildman–Crippen MR) is 74.6 cm³/mol. The molecule has 0 aliphatic heterocycles. The van der Waals surface area contributed by atoms with E-state index in [1.54, 1.807) is 0 Å². The van der Waals surface area contributed by atoms with Gasteiger partial charge in [0.2, 0.25) is 5.91 Å². The van der Waals surface area contributed by atoms with Crippen LogP contribution in [0.25, 0.3) is 0 Å². The van der Waals surface area contributed by atoms with Crippen molar-refractivity contribution in [2.45, 2.75) is 32.1 Å². The Labute approximate surface area is 117 Å². The zero-order valence-corrected chi connectivity index (χ0v) is 11.5. The van der Waals surface area contributed by atoms with Crippen LogP contribution in [0.2, 0.25) is 5.02 Å². The Morgan fingerprint density at radius 2 is 2.05 bits per heavy atom. The third-order valence-corrected chi connectivity index (χ3v) is 4.18. The van der Waals surface area contributed by atoms with E-state index in [0.29, 0.717) is 12.2 Å². The molecule has 104 valence electrons. The van der Waals surface area contributed by atoms with Gasteiger partial charge in [0.25, 0.3) is 0 Å². The first kappa shape index (κ1) is 14.3. The number of carbonyl (C=O) groups is 1. The van der Waals surface area contributed by atoms with Gasteiger partial charge in [0.15, 0.2) is 0 Å². The van der Waals surface area contributed by atoms with Crippen molar-refractivity contribution >= 4 is 23.2 Å². The normalized spacial score (nSPS) is 18.1. The predicted octanol–water partition coefficient (Wildman–Crippen LogP) is 3.33. The van der Waals surface area contributed by atoms with Gasteiger partial charge in [-0.1, -0.05) is 30.9 Å². The smallest absolute Gasteiger partial charge is 0.231 e. The molecule has 0 spiro atoms. The Bertz CT molecular complexity index is 473. The molecule has 0 radical (unpaired) electrons. The molecule has 5 heteroatoms. The van der Waals surface area contributed by atoms with Crippen LogP contribution in [0.1, 0.15) is 32.1 Å². The molecule has 1 amide bonds. The Hall–Kier alpha value is -1.13. The number of halogens is 2. The number of amides is 1. The second kappa shape index (κ2) is 5.88. The van der Waals surface area contributed by atoms with Crippen LogP contribution < -0.4 is 11.1 Å². The second-order valence-corrected chi connectivity index (χ2v) is 5.53. The molecule has 1 saturated carbocycles. The van der Waals surface area contributed by atoms with Gasteiger partial charge in [-0.2, -0.15) is 0 Å². The first-order valence-electron chi connectivity index (χ1n) is 6.54. The van der Waals surface area contributed by atoms with Crippen LogP contribution in [0, 0.1) is 11.2 Å². The lowest BCUT2D eigenvalue weighted by molar-refractivity contribution is -0.126. The highest BCUT2D eigenvalue weighted by Crippen LogP contribution is 2.37. The maximum atomic E-state index is 13.0. The molecule has 1 aromatic rings. The SMILES string of the molecule is NCC1(C(=O)Nc2ccc(F)cc2Cl)CCCCC1. The first-order chi connectivity index (χ1) is 9.07. The highest BCUT2D eigenvalue weighted by atomic mass is 35.5. The van der Waals surface area contributed by atoms with Gasteiger partial charge in [0.05, 0.1) is 16.1 Å². The van der Waals surface area contributed by atoms with Crippen molar-refractivity contribution in [2.24, 2.45) is 11.1 Å². The summed E-state index contributed by atoms with van der Waals surface area (Å²) in [4.78, 5) is 12.4. The standard InChI is InChI=1S/C14H18ClFN2O/c15-11-8-10(16)4-5-12(11)18-13(19)14(9-17)6-2-1-3-7-14/h4-5,8H,1-3,6-7,9,17H2,(H,18,19). The van der Waals surface area contributed by atoms with E-state index in [9.17, 15) is 9.18 Å². The molecule has 0 bridgehead atoms. The number of carbonyl (C=O) groups excluding carboxylic acids is 1. The summed E-state index contributed by atoms with van der Waals surface area (Å²) in [5.74, 6) is -0.530. The molecule has 3 nitrogen and oxygen atoms in total. The number of nitrogens with two attached hydrogens (primary N) is 1. The lowest BCUT2D eigenvalue weighted by Gasteiger charge is -2.34. The molecule has 0 aromatic heterocycles. The number of hydrogen-bond acceptors (Lipinski definition) is 2. The average molecular weight is 285 g/mol. The Morgan fingerprint density at radius 1 is 1.37 bits per heavy atom. The summed E-state index contributed by atoms with van der Waals surface area (Å²) in [6.45, 7) is 0.331. The lowest BCUT2D eigenvalue weighted by atomic mass is 9.73. The van der Waals surface area contributed by atoms with Crippen molar-refractivity contribution in [1.82, 2.24) is 0 Å². The summed E-state index contributed by atoms with van der Waals surface area (Å²) >= 11 is 5.92. The second-order valence-electron chi connectivity index (χ2n) is 5.12. The molecule has 0 atom stereocenters. The van der Waals surface area contributed by atoms with Crippen LogP contribution in [-0.4, -0.2) is 12.5 Å². The summed E-state index contributed by atoms with van der Waals surface area (Å²) in [6, 6.07) is 3.94. The summed E-state index contributed by atoms with van der Waals surface area (Å²) in [7, 11) is 0. The molecule has 1 fully saturated rings. The van der Waals surface area contributed by atoms with Crippen LogP contribution >= 0.6 is 11.6 Å². The summed E-state index contributed by atoms with van der Waals surface area (Å²) in [5, 5.41) is 2.99. The van der Waals surface area contributed by atoms with E-state index in [0.717, 1.165) is 32.1 Å². The summed E-state index contributed by atoms with van der Waals surface area (Å²) in [5.41, 5.74) is 5.73. The Kier molecular flexibility index (Phi) is 4.42. The summed E-state index contributed by atoms with van der Waals surface area (Å²) in [6.07, 6.45) is 4.78. The molecule has 1 aliphatic carbocycles. The van der Waals surface area contributed by atoms with Gasteiger partial charge in [-0.05, 0) is 31.0 Å². The van der Waals surface area contributed by atoms with Crippen LogP contribution in [0.3, 0.4) is 0 Å². The fraction of sp³-hybridized carbons (Fsp3) is 0.500. The zero-order chi connectivity index (χ0) is 13.9. The maximum Gasteiger partial charge on any atom is 0.231 e. The topological polar surface area (TPSA) is 55.1 Å². The van der Waals surface area contributed by atoms with Crippen molar-refractivity contribution in [3.63, 3.8) is 0 Å². The van der Waals surface area contributed by atoms with Gasteiger partial charge < -0.3 is 11.1 Å². The van der Waals surface area contributed by atoms with E-state index in [2.05, 4.69) is 5.32 Å². The third kappa shape index (κ3) is 3.07. The fourth-order valence-corrected chi connectivity index (χ4v) is 2.81. The molecular formula is C14H18ClFN2O. The van der Waals surface area contributed by atoms with Gasteiger partial charge in [-0.15, -0.1) is 0 Å². The first-order valence-corrected chi connectivity index (χ1v) is 6.92. The number of benzene rings is 1. The van der Waals surface area contributed by atoms with Gasteiger partial charge in [-0.3, -0.25) is 4.79 Å². The van der Waals surface area contributed by atoms with E-state index >= 15 is 0 Å². The van der Waals surface area contributed by atoms with Gasteiger partial charge >= 0.3 is 0 Å². The van der Waals surface area contributed by atoms with E-state index in [1.807, 2.05) is 0 Å². The Balaban J connectivity index is 2.15. The minimum atomic E-state index is -0.504. The Morgan fingerprint density at radius 3 is 2.63 bits per heavy atom. The van der Waals surface area contributed by atoms with Crippen molar-refractivity contribution in [3.05, 3.63) is 29.0 Å². The number of rotatable bonds is 3. The monoisotopic (exact) mass is 284 g/mol. The van der Waals surface area contributed by atoms with Crippen molar-refractivity contribution in [1.29, 1.82) is 0 Å². The van der Waals surface area contributed by atoms with Crippen LogP contribution in [0.5, 0.6) is 0 Å². The molecule has 1 aliphatic rings. The van der Waals surface area contributed by atoms with Gasteiger partial charge in [0, 0.05) is 6.54 Å². The van der Waals surface area contributed by atoms with Gasteiger partial charge in [-0.25, -0.2) is 4.39 Å². The van der Waals surface area contributed by atoms with Crippen molar-refractivity contribution in [2.75, 3.05) is 11.9 Å². The molecular weight excluding hydrogens is 267 g/mol. The van der Waals surface area contributed by atoms with Gasteiger partial charge in [0.1, 0.15) is 5.82 Å². The van der Waals surface area contributed by atoms with Crippen molar-refractivity contribution in [3.8, 4) is 0 Å². The number of hydrogen-bond donors (Lipinski definition) is 2. The fourth-order valence-electron chi connectivity index (χ4n) is 2.60. The molecule has 3 N–H and O–H groups in total. The van der Waals surface area contributed by atoms with Crippen LogP contribution in [0.4, 0.5) is 10.1 Å². The third-order valence-electron chi connectivity index (χ3n) is 3.86. The largest absolute Gasteiger partial charge is 0.329 e. The minimum absolute atomic E-state index is 0.108. The molecule has 2 rings (SSSR count). The van der Waals surface area contributed by atoms with E-state index in [4.69, 9.17) is 17.3 Å². The van der Waals surface area contributed by atoms with Crippen molar-refractivity contribution < 1.29 is 9.18 Å². The van der Waals surface area contributed by atoms with E-state index in [1.165, 1.54) is 18.2 Å². The minimum Gasteiger partial charge on any atom is -0.329 e. The quantitative estimate of drug-likeness (QED) is 0.894. The number of nitrogens with one attached hydrogen (secondary N) is 1. The number of anilines is 1. The van der Waals surface area contributed by atoms with Crippen LogP contribution in [0.15, 0.2) is 18.2 Å². The molecule has 0 unspecified atom stereocenters. The molecule has 19 heavy (non-hydrogen) atoms. The molecule has 0 heterocycles. The highest BCUT2D eigenvalue weighted by Gasteiger charge is 2.38. The van der Waals surface area contributed by atoms with Crippen LogP contribution in [-0.2, 0) is 4.79 Å². The average Bonchev–Trinajstić information content (AvgIpc) is 2.42. The summed E-state index contributed by atoms with van der Waals surface area (Å²) < 4.78 is 13.0.